The van der Waals surface area contributed by atoms with Crippen molar-refractivity contribution in [2.45, 2.75) is 0 Å². The summed E-state index contributed by atoms with van der Waals surface area (Å²) in [6.45, 7) is 0. The molecule has 20 heavy (non-hydrogen) atoms. The molecule has 0 aliphatic rings. The van der Waals surface area contributed by atoms with Gasteiger partial charge in [-0.3, -0.25) is 4.79 Å². The van der Waals surface area contributed by atoms with Gasteiger partial charge >= 0.3 is 0 Å². The maximum Gasteiger partial charge on any atom is 0.257 e. The summed E-state index contributed by atoms with van der Waals surface area (Å²) < 4.78 is 0.972. The molecule has 2 rings (SSSR count). The van der Waals surface area contributed by atoms with Crippen LogP contribution in [0.15, 0.2) is 42.5 Å². The zero-order chi connectivity index (χ0) is 14.7. The monoisotopic (exact) mass is 400 g/mol. The van der Waals surface area contributed by atoms with E-state index in [1.54, 1.807) is 12.1 Å². The fourth-order valence-corrected chi connectivity index (χ4v) is 2.41. The standard InChI is InChI=1S/C15H14ClIN2O/c1-19(2)12-6-4-11(5-7-12)18-15(20)13-9-10(17)3-8-14(13)16/h3-9H,1-2H3,(H,18,20). The van der Waals surface area contributed by atoms with Crippen LogP contribution in [0.5, 0.6) is 0 Å². The average molecular weight is 401 g/mol. The van der Waals surface area contributed by atoms with Crippen LogP contribution in [-0.2, 0) is 0 Å². The molecule has 2 aromatic carbocycles. The van der Waals surface area contributed by atoms with Gasteiger partial charge in [-0.1, -0.05) is 11.6 Å². The van der Waals surface area contributed by atoms with Gasteiger partial charge in [0.05, 0.1) is 10.6 Å². The molecule has 104 valence electrons. The van der Waals surface area contributed by atoms with Crippen molar-refractivity contribution in [2.24, 2.45) is 0 Å². The van der Waals surface area contributed by atoms with Crippen molar-refractivity contribution in [3.63, 3.8) is 0 Å². The van der Waals surface area contributed by atoms with E-state index >= 15 is 0 Å². The number of amides is 1. The lowest BCUT2D eigenvalue weighted by molar-refractivity contribution is 0.102. The molecule has 0 fully saturated rings. The first-order valence-corrected chi connectivity index (χ1v) is 7.47. The SMILES string of the molecule is CN(C)c1ccc(NC(=O)c2cc(I)ccc2Cl)cc1. The fraction of sp³-hybridized carbons (Fsp3) is 0.133. The summed E-state index contributed by atoms with van der Waals surface area (Å²) in [6.07, 6.45) is 0. The van der Waals surface area contributed by atoms with Crippen LogP contribution in [0.2, 0.25) is 5.02 Å². The van der Waals surface area contributed by atoms with Gasteiger partial charge in [0.25, 0.3) is 5.91 Å². The highest BCUT2D eigenvalue weighted by Crippen LogP contribution is 2.21. The number of carbonyl (C=O) groups excluding carboxylic acids is 1. The Morgan fingerprint density at radius 3 is 2.40 bits per heavy atom. The van der Waals surface area contributed by atoms with Crippen LogP contribution in [-0.4, -0.2) is 20.0 Å². The molecule has 5 heteroatoms. The summed E-state index contributed by atoms with van der Waals surface area (Å²) in [6, 6.07) is 13.0. The molecular formula is C15H14ClIN2O. The van der Waals surface area contributed by atoms with Crippen LogP contribution in [0.4, 0.5) is 11.4 Å². The van der Waals surface area contributed by atoms with Gasteiger partial charge in [0.15, 0.2) is 0 Å². The van der Waals surface area contributed by atoms with Crippen molar-refractivity contribution in [3.05, 3.63) is 56.6 Å². The van der Waals surface area contributed by atoms with Gasteiger partial charge in [0.2, 0.25) is 0 Å². The Kier molecular flexibility index (Phi) is 4.88. The number of benzene rings is 2. The van der Waals surface area contributed by atoms with E-state index in [0.29, 0.717) is 10.6 Å². The first kappa shape index (κ1) is 15.1. The molecule has 0 aliphatic carbocycles. The van der Waals surface area contributed by atoms with E-state index in [0.717, 1.165) is 14.9 Å². The minimum absolute atomic E-state index is 0.203. The molecule has 1 amide bonds. The zero-order valence-corrected chi connectivity index (χ0v) is 14.1. The number of rotatable bonds is 3. The molecule has 0 spiro atoms. The summed E-state index contributed by atoms with van der Waals surface area (Å²) in [5, 5.41) is 3.30. The van der Waals surface area contributed by atoms with Crippen molar-refractivity contribution in [3.8, 4) is 0 Å². The molecule has 0 saturated heterocycles. The van der Waals surface area contributed by atoms with Crippen LogP contribution in [0.25, 0.3) is 0 Å². The van der Waals surface area contributed by atoms with Gasteiger partial charge in [-0.2, -0.15) is 0 Å². The largest absolute Gasteiger partial charge is 0.378 e. The number of nitrogens with zero attached hydrogens (tertiary/aromatic N) is 1. The summed E-state index contributed by atoms with van der Waals surface area (Å²) in [7, 11) is 3.94. The van der Waals surface area contributed by atoms with E-state index in [4.69, 9.17) is 11.6 Å². The number of halogens is 2. The molecule has 3 nitrogen and oxygen atoms in total. The number of hydrogen-bond donors (Lipinski definition) is 1. The van der Waals surface area contributed by atoms with E-state index in [1.165, 1.54) is 0 Å². The molecule has 0 unspecified atom stereocenters. The molecule has 0 aliphatic heterocycles. The molecule has 0 radical (unpaired) electrons. The van der Waals surface area contributed by atoms with E-state index in [-0.39, 0.29) is 5.91 Å². The van der Waals surface area contributed by atoms with Gasteiger partial charge in [-0.15, -0.1) is 0 Å². The van der Waals surface area contributed by atoms with Gasteiger partial charge in [0, 0.05) is 29.0 Å². The van der Waals surface area contributed by atoms with Crippen LogP contribution in [0, 0.1) is 3.57 Å². The lowest BCUT2D eigenvalue weighted by Gasteiger charge is -2.13. The summed E-state index contributed by atoms with van der Waals surface area (Å²) in [4.78, 5) is 14.2. The van der Waals surface area contributed by atoms with E-state index in [9.17, 15) is 4.79 Å². The number of nitrogens with one attached hydrogen (secondary N) is 1. The topological polar surface area (TPSA) is 32.3 Å². The number of anilines is 2. The van der Waals surface area contributed by atoms with Crippen molar-refractivity contribution < 1.29 is 4.79 Å². The highest BCUT2D eigenvalue weighted by molar-refractivity contribution is 14.1. The molecular weight excluding hydrogens is 387 g/mol. The average Bonchev–Trinajstić information content (AvgIpc) is 2.42. The lowest BCUT2D eigenvalue weighted by atomic mass is 10.2. The first-order valence-electron chi connectivity index (χ1n) is 6.01. The Morgan fingerprint density at radius 2 is 1.80 bits per heavy atom. The molecule has 0 atom stereocenters. The smallest absolute Gasteiger partial charge is 0.257 e. The third-order valence-electron chi connectivity index (χ3n) is 2.81. The van der Waals surface area contributed by atoms with Crippen molar-refractivity contribution in [1.29, 1.82) is 0 Å². The second-order valence-corrected chi connectivity index (χ2v) is 6.17. The number of hydrogen-bond acceptors (Lipinski definition) is 2. The molecule has 1 N–H and O–H groups in total. The normalized spacial score (nSPS) is 10.2. The molecule has 2 aromatic rings. The van der Waals surface area contributed by atoms with Crippen molar-refractivity contribution >= 4 is 51.5 Å². The van der Waals surface area contributed by atoms with Crippen LogP contribution in [0.1, 0.15) is 10.4 Å². The van der Waals surface area contributed by atoms with Gasteiger partial charge in [-0.25, -0.2) is 0 Å². The van der Waals surface area contributed by atoms with Crippen molar-refractivity contribution in [1.82, 2.24) is 0 Å². The zero-order valence-electron chi connectivity index (χ0n) is 11.2. The van der Waals surface area contributed by atoms with Crippen LogP contribution < -0.4 is 10.2 Å². The van der Waals surface area contributed by atoms with E-state index < -0.39 is 0 Å². The maximum atomic E-state index is 12.2. The predicted octanol–water partition coefficient (Wildman–Crippen LogP) is 4.26. The minimum Gasteiger partial charge on any atom is -0.378 e. The van der Waals surface area contributed by atoms with Gasteiger partial charge < -0.3 is 10.2 Å². The Balaban J connectivity index is 2.17. The maximum absolute atomic E-state index is 12.2. The fourth-order valence-electron chi connectivity index (χ4n) is 1.71. The second-order valence-electron chi connectivity index (χ2n) is 4.52. The Labute approximate surface area is 137 Å². The van der Waals surface area contributed by atoms with Gasteiger partial charge in [0.1, 0.15) is 0 Å². The molecule has 0 heterocycles. The van der Waals surface area contributed by atoms with Crippen LogP contribution >= 0.6 is 34.2 Å². The second kappa shape index (κ2) is 6.45. The minimum atomic E-state index is -0.203. The predicted molar refractivity (Wildman–Crippen MR) is 92.9 cm³/mol. The Bertz CT molecular complexity index is 626. The molecule has 0 aromatic heterocycles. The summed E-state index contributed by atoms with van der Waals surface area (Å²) in [5.41, 5.74) is 2.31. The highest BCUT2D eigenvalue weighted by Gasteiger charge is 2.11. The van der Waals surface area contributed by atoms with Crippen molar-refractivity contribution in [2.75, 3.05) is 24.3 Å². The first-order chi connectivity index (χ1) is 9.47. The molecule has 0 bridgehead atoms. The summed E-state index contributed by atoms with van der Waals surface area (Å²) >= 11 is 8.21. The third-order valence-corrected chi connectivity index (χ3v) is 3.82. The lowest BCUT2D eigenvalue weighted by Crippen LogP contribution is -2.13. The molecule has 0 saturated carbocycles. The number of carbonyl (C=O) groups is 1. The summed E-state index contributed by atoms with van der Waals surface area (Å²) in [5.74, 6) is -0.203. The Hall–Kier alpha value is -1.27. The quantitative estimate of drug-likeness (QED) is 0.781. The Morgan fingerprint density at radius 1 is 1.15 bits per heavy atom. The van der Waals surface area contributed by atoms with Gasteiger partial charge in [-0.05, 0) is 65.1 Å². The van der Waals surface area contributed by atoms with E-state index in [1.807, 2.05) is 49.3 Å². The third kappa shape index (κ3) is 3.64. The van der Waals surface area contributed by atoms with E-state index in [2.05, 4.69) is 27.9 Å². The van der Waals surface area contributed by atoms with Crippen LogP contribution in [0.3, 0.4) is 0 Å². The highest BCUT2D eigenvalue weighted by atomic mass is 127.